The molecule has 6 rings (SSSR count). The summed E-state index contributed by atoms with van der Waals surface area (Å²) in [5.74, 6) is 0.299. The van der Waals surface area contributed by atoms with E-state index >= 15 is 0 Å². The van der Waals surface area contributed by atoms with E-state index in [9.17, 15) is 9.59 Å². The Morgan fingerprint density at radius 1 is 1.00 bits per heavy atom. The molecule has 0 bridgehead atoms. The summed E-state index contributed by atoms with van der Waals surface area (Å²) >= 11 is 1.50. The molecule has 0 radical (unpaired) electrons. The van der Waals surface area contributed by atoms with E-state index in [1.165, 1.54) is 11.3 Å². The summed E-state index contributed by atoms with van der Waals surface area (Å²) in [5, 5.41) is 7.57. The molecule has 1 N–H and O–H groups in total. The van der Waals surface area contributed by atoms with Crippen LogP contribution in [0.5, 0.6) is 0 Å². The van der Waals surface area contributed by atoms with Gasteiger partial charge in [0.25, 0.3) is 11.8 Å². The van der Waals surface area contributed by atoms with Gasteiger partial charge in [0.2, 0.25) is 0 Å². The quantitative estimate of drug-likeness (QED) is 0.354. The summed E-state index contributed by atoms with van der Waals surface area (Å²) < 4.78 is 5.75. The zero-order valence-corrected chi connectivity index (χ0v) is 19.6. The minimum absolute atomic E-state index is 0.0792. The highest BCUT2D eigenvalue weighted by molar-refractivity contribution is 7.10. The number of hydrogen-bond acceptors (Lipinski definition) is 6. The fourth-order valence-electron chi connectivity index (χ4n) is 4.50. The van der Waals surface area contributed by atoms with Gasteiger partial charge in [-0.05, 0) is 49.2 Å². The number of anilines is 1. The Bertz CT molecular complexity index is 1520. The maximum Gasteiger partial charge on any atom is 0.289 e. The van der Waals surface area contributed by atoms with Crippen molar-refractivity contribution < 1.29 is 14.0 Å². The monoisotopic (exact) mass is 482 g/mol. The number of para-hydroxylation sites is 1. The number of aromatic nitrogens is 2. The normalized spacial score (nSPS) is 14.5. The number of amides is 2. The number of nitrogens with zero attached hydrogens (tertiary/aromatic N) is 3. The van der Waals surface area contributed by atoms with Crippen molar-refractivity contribution in [2.45, 2.75) is 18.8 Å². The second-order valence-corrected chi connectivity index (χ2v) is 9.54. The third-order valence-corrected chi connectivity index (χ3v) is 7.39. The van der Waals surface area contributed by atoms with Crippen molar-refractivity contribution >= 4 is 50.7 Å². The van der Waals surface area contributed by atoms with Crippen LogP contribution in [0.15, 0.2) is 76.7 Å². The molecule has 0 unspecified atom stereocenters. The lowest BCUT2D eigenvalue weighted by Crippen LogP contribution is -2.37. The van der Waals surface area contributed by atoms with Gasteiger partial charge in [0.05, 0.1) is 10.5 Å². The Kier molecular flexibility index (Phi) is 5.50. The number of fused-ring (bicyclic) bond motifs is 2. The second-order valence-electron chi connectivity index (χ2n) is 8.65. The Balaban J connectivity index is 1.09. The molecule has 35 heavy (non-hydrogen) atoms. The molecule has 174 valence electrons. The van der Waals surface area contributed by atoms with E-state index in [-0.39, 0.29) is 17.7 Å². The molecular weight excluding hydrogens is 460 g/mol. The first-order valence-corrected chi connectivity index (χ1v) is 12.4. The molecule has 3 aromatic heterocycles. The molecule has 1 aliphatic heterocycles. The van der Waals surface area contributed by atoms with Gasteiger partial charge in [-0.25, -0.2) is 4.98 Å². The number of piperidine rings is 1. The van der Waals surface area contributed by atoms with E-state index in [0.29, 0.717) is 30.2 Å². The van der Waals surface area contributed by atoms with Crippen LogP contribution in [-0.4, -0.2) is 39.8 Å². The summed E-state index contributed by atoms with van der Waals surface area (Å²) in [6.45, 7) is 1.26. The fourth-order valence-corrected chi connectivity index (χ4v) is 5.47. The van der Waals surface area contributed by atoms with Crippen LogP contribution >= 0.6 is 11.3 Å². The van der Waals surface area contributed by atoms with Crippen LogP contribution in [0.3, 0.4) is 0 Å². The zero-order valence-electron chi connectivity index (χ0n) is 18.8. The highest BCUT2D eigenvalue weighted by Crippen LogP contribution is 2.31. The molecule has 5 aromatic rings. The molecule has 0 aliphatic carbocycles. The van der Waals surface area contributed by atoms with Crippen LogP contribution in [0, 0.1) is 0 Å². The van der Waals surface area contributed by atoms with Crippen LogP contribution in [0.4, 0.5) is 5.69 Å². The molecule has 1 saturated heterocycles. The molecule has 4 heterocycles. The molecule has 7 nitrogen and oxygen atoms in total. The SMILES string of the molecule is O=C(Nc1ccc2ncccc2c1)c1csc(C2CCN(C(=O)c3cc4ccccc4o3)CC2)n1. The Hall–Kier alpha value is -4.04. The Labute approximate surface area is 205 Å². The van der Waals surface area contributed by atoms with E-state index in [1.807, 2.05) is 65.6 Å². The largest absolute Gasteiger partial charge is 0.451 e. The van der Waals surface area contributed by atoms with Crippen molar-refractivity contribution in [3.8, 4) is 0 Å². The van der Waals surface area contributed by atoms with Crippen molar-refractivity contribution in [1.29, 1.82) is 0 Å². The predicted molar refractivity (Wildman–Crippen MR) is 136 cm³/mol. The van der Waals surface area contributed by atoms with E-state index in [4.69, 9.17) is 4.42 Å². The summed E-state index contributed by atoms with van der Waals surface area (Å²) in [6, 6.07) is 18.9. The number of nitrogens with one attached hydrogen (secondary N) is 1. The third kappa shape index (κ3) is 4.28. The number of pyridine rings is 1. The Morgan fingerprint density at radius 2 is 1.83 bits per heavy atom. The molecule has 2 aromatic carbocycles. The minimum Gasteiger partial charge on any atom is -0.451 e. The van der Waals surface area contributed by atoms with Crippen LogP contribution in [-0.2, 0) is 0 Å². The number of thiazole rings is 1. The van der Waals surface area contributed by atoms with Crippen molar-refractivity contribution in [1.82, 2.24) is 14.9 Å². The van der Waals surface area contributed by atoms with E-state index in [1.54, 1.807) is 11.6 Å². The van der Waals surface area contributed by atoms with Gasteiger partial charge in [0.15, 0.2) is 5.76 Å². The van der Waals surface area contributed by atoms with Crippen LogP contribution in [0.1, 0.15) is 44.8 Å². The maximum absolute atomic E-state index is 12.9. The highest BCUT2D eigenvalue weighted by Gasteiger charge is 2.28. The fraction of sp³-hybridized carbons (Fsp3) is 0.185. The van der Waals surface area contributed by atoms with E-state index in [0.717, 1.165) is 39.7 Å². The van der Waals surface area contributed by atoms with Gasteiger partial charge in [0.1, 0.15) is 11.3 Å². The smallest absolute Gasteiger partial charge is 0.289 e. The minimum atomic E-state index is -0.228. The average molecular weight is 483 g/mol. The molecule has 0 saturated carbocycles. The molecule has 0 atom stereocenters. The lowest BCUT2D eigenvalue weighted by Gasteiger charge is -2.30. The van der Waals surface area contributed by atoms with Gasteiger partial charge >= 0.3 is 0 Å². The Morgan fingerprint density at radius 3 is 2.69 bits per heavy atom. The zero-order chi connectivity index (χ0) is 23.8. The highest BCUT2D eigenvalue weighted by atomic mass is 32.1. The van der Waals surface area contributed by atoms with Crippen LogP contribution in [0.25, 0.3) is 21.9 Å². The summed E-state index contributed by atoms with van der Waals surface area (Å²) in [6.07, 6.45) is 3.35. The molecule has 0 spiro atoms. The van der Waals surface area contributed by atoms with Gasteiger partial charge < -0.3 is 14.6 Å². The lowest BCUT2D eigenvalue weighted by molar-refractivity contribution is 0.0683. The standard InChI is InChI=1S/C27H22N4O3S/c32-25(29-20-7-8-21-18(14-20)5-3-11-28-21)22-16-35-26(30-22)17-9-12-31(13-10-17)27(33)24-15-19-4-1-2-6-23(19)34-24/h1-8,11,14-17H,9-10,12-13H2,(H,29,32). The first-order chi connectivity index (χ1) is 17.1. The predicted octanol–water partition coefficient (Wildman–Crippen LogP) is 5.71. The number of rotatable bonds is 4. The number of benzene rings is 2. The van der Waals surface area contributed by atoms with Crippen molar-refractivity contribution in [2.24, 2.45) is 0 Å². The van der Waals surface area contributed by atoms with Crippen LogP contribution < -0.4 is 5.32 Å². The number of furan rings is 1. The molecule has 2 amide bonds. The number of likely N-dealkylation sites (tertiary alicyclic amines) is 1. The van der Waals surface area contributed by atoms with Crippen molar-refractivity contribution in [3.05, 3.63) is 88.7 Å². The van der Waals surface area contributed by atoms with E-state index in [2.05, 4.69) is 15.3 Å². The van der Waals surface area contributed by atoms with Crippen molar-refractivity contribution in [2.75, 3.05) is 18.4 Å². The maximum atomic E-state index is 12.9. The van der Waals surface area contributed by atoms with Crippen molar-refractivity contribution in [3.63, 3.8) is 0 Å². The second kappa shape index (κ2) is 8.96. The van der Waals surface area contributed by atoms with E-state index < -0.39 is 0 Å². The third-order valence-electron chi connectivity index (χ3n) is 6.38. The summed E-state index contributed by atoms with van der Waals surface area (Å²) in [5.41, 5.74) is 2.73. The number of hydrogen-bond donors (Lipinski definition) is 1. The van der Waals surface area contributed by atoms with Crippen LogP contribution in [0.2, 0.25) is 0 Å². The van der Waals surface area contributed by atoms with Gasteiger partial charge in [-0.1, -0.05) is 24.3 Å². The van der Waals surface area contributed by atoms with Gasteiger partial charge in [0, 0.05) is 47.0 Å². The molecule has 1 aliphatic rings. The summed E-state index contributed by atoms with van der Waals surface area (Å²) in [7, 11) is 0. The van der Waals surface area contributed by atoms with Gasteiger partial charge in [-0.2, -0.15) is 0 Å². The molecule has 1 fully saturated rings. The number of carbonyl (C=O) groups is 2. The summed E-state index contributed by atoms with van der Waals surface area (Å²) in [4.78, 5) is 36.5. The molecular formula is C27H22N4O3S. The van der Waals surface area contributed by atoms with Gasteiger partial charge in [-0.15, -0.1) is 11.3 Å². The van der Waals surface area contributed by atoms with Gasteiger partial charge in [-0.3, -0.25) is 14.6 Å². The molecule has 8 heteroatoms. The lowest BCUT2D eigenvalue weighted by atomic mass is 9.97. The topological polar surface area (TPSA) is 88.3 Å². The first kappa shape index (κ1) is 21.5. The average Bonchev–Trinajstić information content (AvgIpc) is 3.56. The first-order valence-electron chi connectivity index (χ1n) is 11.5. The number of carbonyl (C=O) groups excluding carboxylic acids is 2.